The number of hydrogen-bond donors (Lipinski definition) is 0. The van der Waals surface area contributed by atoms with Gasteiger partial charge in [-0.25, -0.2) is 0 Å². The van der Waals surface area contributed by atoms with Crippen molar-refractivity contribution in [3.63, 3.8) is 0 Å². The number of carbonyl (C=O) groups is 1. The topological polar surface area (TPSA) is 23.6 Å². The molecule has 1 fully saturated rings. The van der Waals surface area contributed by atoms with E-state index in [0.29, 0.717) is 12.2 Å². The highest BCUT2D eigenvalue weighted by Crippen LogP contribution is 2.22. The zero-order valence-electron chi connectivity index (χ0n) is 14.8. The lowest BCUT2D eigenvalue weighted by Gasteiger charge is -2.44. The van der Waals surface area contributed by atoms with E-state index >= 15 is 0 Å². The van der Waals surface area contributed by atoms with Crippen molar-refractivity contribution in [2.45, 2.75) is 78.2 Å². The van der Waals surface area contributed by atoms with E-state index in [0.717, 1.165) is 39.0 Å². The maximum atomic E-state index is 11.9. The SMILES string of the molecule is CCCCCCN1CCN(C(C)(C)CC(=O)CCC)CC1. The third kappa shape index (κ3) is 6.92. The van der Waals surface area contributed by atoms with Crippen LogP contribution >= 0.6 is 0 Å². The molecule has 1 saturated heterocycles. The average Bonchev–Trinajstić information content (AvgIpc) is 2.44. The van der Waals surface area contributed by atoms with Crippen LogP contribution in [0, 0.1) is 0 Å². The van der Waals surface area contributed by atoms with Gasteiger partial charge in [-0.1, -0.05) is 33.1 Å². The second-order valence-corrected chi connectivity index (χ2v) is 7.17. The van der Waals surface area contributed by atoms with E-state index in [1.165, 1.54) is 32.2 Å². The first-order valence-corrected chi connectivity index (χ1v) is 8.98. The number of carbonyl (C=O) groups excluding carboxylic acids is 1. The second kappa shape index (κ2) is 9.58. The van der Waals surface area contributed by atoms with E-state index in [1.54, 1.807) is 0 Å². The summed E-state index contributed by atoms with van der Waals surface area (Å²) in [4.78, 5) is 17.0. The van der Waals surface area contributed by atoms with Gasteiger partial charge in [-0.3, -0.25) is 9.69 Å². The van der Waals surface area contributed by atoms with Gasteiger partial charge >= 0.3 is 0 Å². The summed E-state index contributed by atoms with van der Waals surface area (Å²) < 4.78 is 0. The molecule has 0 aliphatic carbocycles. The van der Waals surface area contributed by atoms with E-state index in [1.807, 2.05) is 0 Å². The minimum atomic E-state index is 0.0283. The molecule has 0 N–H and O–H groups in total. The smallest absolute Gasteiger partial charge is 0.134 e. The number of rotatable bonds is 10. The quantitative estimate of drug-likeness (QED) is 0.574. The Balaban J connectivity index is 2.29. The van der Waals surface area contributed by atoms with Crippen LogP contribution in [0.2, 0.25) is 0 Å². The maximum Gasteiger partial charge on any atom is 0.134 e. The molecule has 0 bridgehead atoms. The van der Waals surface area contributed by atoms with Crippen molar-refractivity contribution in [1.82, 2.24) is 9.80 Å². The van der Waals surface area contributed by atoms with Gasteiger partial charge in [0.2, 0.25) is 0 Å². The van der Waals surface area contributed by atoms with Gasteiger partial charge in [0.05, 0.1) is 0 Å². The number of ketones is 1. The molecular weight excluding hydrogens is 260 g/mol. The first-order valence-electron chi connectivity index (χ1n) is 8.98. The highest BCUT2D eigenvalue weighted by atomic mass is 16.1. The molecule has 0 aromatic carbocycles. The Morgan fingerprint density at radius 3 is 2.19 bits per heavy atom. The summed E-state index contributed by atoms with van der Waals surface area (Å²) >= 11 is 0. The molecule has 0 aromatic heterocycles. The Hall–Kier alpha value is -0.410. The van der Waals surface area contributed by atoms with Crippen LogP contribution in [-0.2, 0) is 4.79 Å². The van der Waals surface area contributed by atoms with Crippen LogP contribution in [0.5, 0.6) is 0 Å². The number of Topliss-reactive ketones (excluding diaryl/α,β-unsaturated/α-hetero) is 1. The summed E-state index contributed by atoms with van der Waals surface area (Å²) in [6.45, 7) is 14.6. The van der Waals surface area contributed by atoms with E-state index in [2.05, 4.69) is 37.5 Å². The lowest BCUT2D eigenvalue weighted by molar-refractivity contribution is -0.122. The minimum absolute atomic E-state index is 0.0283. The zero-order chi connectivity index (χ0) is 15.7. The molecule has 3 nitrogen and oxygen atoms in total. The Morgan fingerprint density at radius 1 is 0.952 bits per heavy atom. The number of nitrogens with zero attached hydrogens (tertiary/aromatic N) is 2. The first-order chi connectivity index (χ1) is 9.99. The van der Waals surface area contributed by atoms with Crippen molar-refractivity contribution in [2.24, 2.45) is 0 Å². The molecule has 3 heteroatoms. The standard InChI is InChI=1S/C18H36N2O/c1-5-7-8-9-11-19-12-14-20(15-13-19)18(3,4)16-17(21)10-6-2/h5-16H2,1-4H3. The third-order valence-corrected chi connectivity index (χ3v) is 4.71. The maximum absolute atomic E-state index is 11.9. The predicted molar refractivity (Wildman–Crippen MR) is 90.8 cm³/mol. The van der Waals surface area contributed by atoms with Gasteiger partial charge in [0, 0.05) is 44.6 Å². The van der Waals surface area contributed by atoms with Crippen molar-refractivity contribution in [1.29, 1.82) is 0 Å². The lowest BCUT2D eigenvalue weighted by atomic mass is 9.93. The summed E-state index contributed by atoms with van der Waals surface area (Å²) in [5.74, 6) is 0.421. The highest BCUT2D eigenvalue weighted by Gasteiger charge is 2.31. The summed E-state index contributed by atoms with van der Waals surface area (Å²) in [5, 5.41) is 0. The van der Waals surface area contributed by atoms with E-state index in [4.69, 9.17) is 0 Å². The Morgan fingerprint density at radius 2 is 1.62 bits per heavy atom. The number of unbranched alkanes of at least 4 members (excludes halogenated alkanes) is 3. The monoisotopic (exact) mass is 296 g/mol. The summed E-state index contributed by atoms with van der Waals surface area (Å²) in [5.41, 5.74) is 0.0283. The number of piperazine rings is 1. The van der Waals surface area contributed by atoms with Crippen LogP contribution in [0.4, 0.5) is 0 Å². The Labute approximate surface area is 132 Å². The van der Waals surface area contributed by atoms with E-state index in [-0.39, 0.29) is 5.54 Å². The fourth-order valence-corrected chi connectivity index (χ4v) is 3.30. The van der Waals surface area contributed by atoms with Crippen molar-refractivity contribution in [3.05, 3.63) is 0 Å². The fraction of sp³-hybridized carbons (Fsp3) is 0.944. The molecule has 124 valence electrons. The summed E-state index contributed by atoms with van der Waals surface area (Å²) in [6.07, 6.45) is 7.80. The third-order valence-electron chi connectivity index (χ3n) is 4.71. The molecule has 21 heavy (non-hydrogen) atoms. The lowest BCUT2D eigenvalue weighted by Crippen LogP contribution is -2.55. The van der Waals surface area contributed by atoms with Crippen molar-refractivity contribution in [3.8, 4) is 0 Å². The highest BCUT2D eigenvalue weighted by molar-refractivity contribution is 5.79. The Bertz CT molecular complexity index is 294. The summed E-state index contributed by atoms with van der Waals surface area (Å²) in [7, 11) is 0. The molecule has 0 radical (unpaired) electrons. The molecule has 1 rings (SSSR count). The number of hydrogen-bond acceptors (Lipinski definition) is 3. The van der Waals surface area contributed by atoms with Crippen LogP contribution in [-0.4, -0.2) is 53.8 Å². The van der Waals surface area contributed by atoms with E-state index in [9.17, 15) is 4.79 Å². The van der Waals surface area contributed by atoms with Gasteiger partial charge in [0.25, 0.3) is 0 Å². The first kappa shape index (κ1) is 18.6. The van der Waals surface area contributed by atoms with Crippen LogP contribution in [0.15, 0.2) is 0 Å². The van der Waals surface area contributed by atoms with Gasteiger partial charge < -0.3 is 4.90 Å². The Kier molecular flexibility index (Phi) is 8.50. The van der Waals surface area contributed by atoms with Crippen molar-refractivity contribution in [2.75, 3.05) is 32.7 Å². The van der Waals surface area contributed by atoms with Crippen LogP contribution in [0.3, 0.4) is 0 Å². The molecule has 0 unspecified atom stereocenters. The second-order valence-electron chi connectivity index (χ2n) is 7.17. The zero-order valence-corrected chi connectivity index (χ0v) is 14.8. The molecule has 1 aliphatic rings. The summed E-state index contributed by atoms with van der Waals surface area (Å²) in [6, 6.07) is 0. The minimum Gasteiger partial charge on any atom is -0.301 e. The predicted octanol–water partition coefficient (Wildman–Crippen LogP) is 3.72. The normalized spacial score (nSPS) is 18.1. The van der Waals surface area contributed by atoms with Crippen molar-refractivity contribution < 1.29 is 4.79 Å². The molecule has 1 aliphatic heterocycles. The molecule has 0 aromatic rings. The average molecular weight is 296 g/mol. The molecule has 0 saturated carbocycles. The molecule has 0 atom stereocenters. The van der Waals surface area contributed by atoms with Crippen LogP contribution < -0.4 is 0 Å². The van der Waals surface area contributed by atoms with Gasteiger partial charge in [0.15, 0.2) is 0 Å². The van der Waals surface area contributed by atoms with E-state index < -0.39 is 0 Å². The molecule has 0 amide bonds. The largest absolute Gasteiger partial charge is 0.301 e. The van der Waals surface area contributed by atoms with Gasteiger partial charge in [-0.05, 0) is 33.2 Å². The van der Waals surface area contributed by atoms with Crippen molar-refractivity contribution >= 4 is 5.78 Å². The van der Waals surface area contributed by atoms with Gasteiger partial charge in [-0.15, -0.1) is 0 Å². The molecular formula is C18H36N2O. The molecule has 1 heterocycles. The van der Waals surface area contributed by atoms with Crippen LogP contribution in [0.25, 0.3) is 0 Å². The van der Waals surface area contributed by atoms with Crippen LogP contribution in [0.1, 0.15) is 72.6 Å². The van der Waals surface area contributed by atoms with Gasteiger partial charge in [0.1, 0.15) is 5.78 Å². The fourth-order valence-electron chi connectivity index (χ4n) is 3.30. The molecule has 0 spiro atoms. The van der Waals surface area contributed by atoms with Gasteiger partial charge in [-0.2, -0.15) is 0 Å².